The van der Waals surface area contributed by atoms with Gasteiger partial charge in [0.25, 0.3) is 0 Å². The number of hydrogen-bond donors (Lipinski definition) is 1. The molecule has 0 aromatic heterocycles. The lowest BCUT2D eigenvalue weighted by molar-refractivity contribution is -0.386. The van der Waals surface area contributed by atoms with Crippen LogP contribution in [0.1, 0.15) is 16.7 Å². The number of hydrogen-bond acceptors (Lipinski definition) is 4. The molecule has 2 aromatic rings. The molecule has 2 aromatic carbocycles. The lowest BCUT2D eigenvalue weighted by Crippen LogP contribution is -1.90. The maximum absolute atomic E-state index is 10.8. The Kier molecular flexibility index (Phi) is 3.99. The second-order valence-corrected chi connectivity index (χ2v) is 5.82. The van der Waals surface area contributed by atoms with Crippen LogP contribution in [0.4, 0.5) is 5.69 Å². The van der Waals surface area contributed by atoms with Crippen molar-refractivity contribution in [3.63, 3.8) is 0 Å². The molecule has 0 saturated heterocycles. The number of phenols is 1. The number of nitrogens with zero attached hydrogens (tertiary/aromatic N) is 1. The zero-order chi connectivity index (χ0) is 14.9. The third kappa shape index (κ3) is 2.93. The van der Waals surface area contributed by atoms with Crippen LogP contribution in [-0.4, -0.2) is 10.0 Å². The Labute approximate surface area is 121 Å². The van der Waals surface area contributed by atoms with E-state index in [2.05, 4.69) is 12.1 Å². The van der Waals surface area contributed by atoms with Crippen LogP contribution in [0.2, 0.25) is 0 Å². The van der Waals surface area contributed by atoms with Gasteiger partial charge in [0.15, 0.2) is 5.75 Å². The van der Waals surface area contributed by atoms with Crippen molar-refractivity contribution in [3.8, 4) is 5.75 Å². The molecule has 0 spiro atoms. The molecule has 0 aliphatic rings. The lowest BCUT2D eigenvalue weighted by Gasteiger charge is -2.11. The summed E-state index contributed by atoms with van der Waals surface area (Å²) in [6, 6.07) is 8.62. The van der Waals surface area contributed by atoms with Gasteiger partial charge < -0.3 is 5.11 Å². The Balaban J connectivity index is 2.41. The van der Waals surface area contributed by atoms with E-state index in [1.165, 1.54) is 29.5 Å². The minimum Gasteiger partial charge on any atom is -0.502 e. The highest BCUT2D eigenvalue weighted by molar-refractivity contribution is 7.99. The topological polar surface area (TPSA) is 63.4 Å². The van der Waals surface area contributed by atoms with Gasteiger partial charge in [0, 0.05) is 15.9 Å². The van der Waals surface area contributed by atoms with E-state index < -0.39 is 4.92 Å². The summed E-state index contributed by atoms with van der Waals surface area (Å²) in [5, 5.41) is 20.3. The molecule has 104 valence electrons. The molecule has 2 rings (SSSR count). The fourth-order valence-electron chi connectivity index (χ4n) is 2.16. The molecular weight excluding hydrogens is 274 g/mol. The zero-order valence-electron chi connectivity index (χ0n) is 11.5. The Hall–Kier alpha value is -2.01. The van der Waals surface area contributed by atoms with Gasteiger partial charge in [-0.2, -0.15) is 0 Å². The van der Waals surface area contributed by atoms with Gasteiger partial charge in [-0.25, -0.2) is 0 Å². The first-order valence-corrected chi connectivity index (χ1v) is 6.93. The maximum Gasteiger partial charge on any atom is 0.311 e. The van der Waals surface area contributed by atoms with Crippen LogP contribution in [0.3, 0.4) is 0 Å². The van der Waals surface area contributed by atoms with E-state index in [9.17, 15) is 15.2 Å². The predicted octanol–water partition coefficient (Wildman–Crippen LogP) is 4.38. The number of aryl methyl sites for hydroxylation is 3. The SMILES string of the molecule is Cc1cc(C)c(Sc2ccc(O)c([N+](=O)[O-])c2)c(C)c1. The van der Waals surface area contributed by atoms with Crippen LogP contribution in [0.5, 0.6) is 5.75 Å². The average molecular weight is 289 g/mol. The smallest absolute Gasteiger partial charge is 0.311 e. The summed E-state index contributed by atoms with van der Waals surface area (Å²) in [6.07, 6.45) is 0. The highest BCUT2D eigenvalue weighted by Gasteiger charge is 2.15. The van der Waals surface area contributed by atoms with E-state index in [-0.39, 0.29) is 11.4 Å². The van der Waals surface area contributed by atoms with E-state index in [0.29, 0.717) is 0 Å². The van der Waals surface area contributed by atoms with Crippen molar-refractivity contribution in [2.24, 2.45) is 0 Å². The van der Waals surface area contributed by atoms with Gasteiger partial charge in [-0.3, -0.25) is 10.1 Å². The first kappa shape index (κ1) is 14.4. The van der Waals surface area contributed by atoms with Crippen LogP contribution < -0.4 is 0 Å². The lowest BCUT2D eigenvalue weighted by atomic mass is 10.1. The predicted molar refractivity (Wildman–Crippen MR) is 79.5 cm³/mol. The largest absolute Gasteiger partial charge is 0.502 e. The van der Waals surface area contributed by atoms with Crippen molar-refractivity contribution in [1.82, 2.24) is 0 Å². The number of nitro groups is 1. The Morgan fingerprint density at radius 3 is 2.25 bits per heavy atom. The maximum atomic E-state index is 10.8. The third-order valence-corrected chi connectivity index (χ3v) is 4.31. The van der Waals surface area contributed by atoms with Gasteiger partial charge >= 0.3 is 5.69 Å². The highest BCUT2D eigenvalue weighted by Crippen LogP contribution is 2.37. The van der Waals surface area contributed by atoms with Gasteiger partial charge in [-0.1, -0.05) is 29.5 Å². The van der Waals surface area contributed by atoms with Crippen LogP contribution in [-0.2, 0) is 0 Å². The second kappa shape index (κ2) is 5.54. The van der Waals surface area contributed by atoms with Crippen molar-refractivity contribution in [1.29, 1.82) is 0 Å². The van der Waals surface area contributed by atoms with Crippen molar-refractivity contribution < 1.29 is 10.0 Å². The minimum atomic E-state index is -0.575. The standard InChI is InChI=1S/C15H15NO3S/c1-9-6-10(2)15(11(3)7-9)20-12-4-5-14(17)13(8-12)16(18)19/h4-8,17H,1-3H3. The van der Waals surface area contributed by atoms with Gasteiger partial charge in [-0.15, -0.1) is 0 Å². The molecule has 0 bridgehead atoms. The van der Waals surface area contributed by atoms with Crippen LogP contribution >= 0.6 is 11.8 Å². The van der Waals surface area contributed by atoms with Gasteiger partial charge in [0.1, 0.15) is 0 Å². The van der Waals surface area contributed by atoms with Crippen molar-refractivity contribution in [2.45, 2.75) is 30.6 Å². The normalized spacial score (nSPS) is 10.6. The minimum absolute atomic E-state index is 0.266. The van der Waals surface area contributed by atoms with Crippen LogP contribution in [0.15, 0.2) is 40.1 Å². The van der Waals surface area contributed by atoms with E-state index in [1.807, 2.05) is 20.8 Å². The summed E-state index contributed by atoms with van der Waals surface area (Å²) in [4.78, 5) is 12.1. The summed E-state index contributed by atoms with van der Waals surface area (Å²) in [6.45, 7) is 6.09. The molecule has 0 amide bonds. The number of nitro benzene ring substituents is 1. The molecule has 0 heterocycles. The summed E-state index contributed by atoms with van der Waals surface area (Å²) >= 11 is 1.47. The Morgan fingerprint density at radius 2 is 1.70 bits per heavy atom. The van der Waals surface area contributed by atoms with Crippen LogP contribution in [0.25, 0.3) is 0 Å². The number of rotatable bonds is 3. The summed E-state index contributed by atoms with van der Waals surface area (Å²) in [5.41, 5.74) is 3.21. The summed E-state index contributed by atoms with van der Waals surface area (Å²) in [7, 11) is 0. The number of phenolic OH excluding ortho intramolecular Hbond substituents is 1. The molecule has 4 nitrogen and oxygen atoms in total. The summed E-state index contributed by atoms with van der Waals surface area (Å²) in [5.74, 6) is -0.309. The Bertz CT molecular complexity index is 660. The molecular formula is C15H15NO3S. The van der Waals surface area contributed by atoms with E-state index >= 15 is 0 Å². The molecule has 0 aliphatic heterocycles. The Morgan fingerprint density at radius 1 is 1.10 bits per heavy atom. The molecule has 0 atom stereocenters. The van der Waals surface area contributed by atoms with E-state index in [4.69, 9.17) is 0 Å². The molecule has 1 N–H and O–H groups in total. The van der Waals surface area contributed by atoms with E-state index in [1.54, 1.807) is 6.07 Å². The second-order valence-electron chi connectivity index (χ2n) is 4.74. The molecule has 0 radical (unpaired) electrons. The quantitative estimate of drug-likeness (QED) is 0.673. The van der Waals surface area contributed by atoms with Crippen LogP contribution in [0, 0.1) is 30.9 Å². The van der Waals surface area contributed by atoms with Gasteiger partial charge in [0.2, 0.25) is 0 Å². The molecule has 0 saturated carbocycles. The highest BCUT2D eigenvalue weighted by atomic mass is 32.2. The van der Waals surface area contributed by atoms with Gasteiger partial charge in [0.05, 0.1) is 4.92 Å². The van der Waals surface area contributed by atoms with Crippen molar-refractivity contribution in [3.05, 3.63) is 57.1 Å². The molecule has 0 aliphatic carbocycles. The van der Waals surface area contributed by atoms with E-state index in [0.717, 1.165) is 20.9 Å². The third-order valence-electron chi connectivity index (χ3n) is 2.97. The number of benzene rings is 2. The van der Waals surface area contributed by atoms with Crippen molar-refractivity contribution >= 4 is 17.4 Å². The van der Waals surface area contributed by atoms with Crippen molar-refractivity contribution in [2.75, 3.05) is 0 Å². The monoisotopic (exact) mass is 289 g/mol. The average Bonchev–Trinajstić information content (AvgIpc) is 2.35. The molecule has 0 fully saturated rings. The molecule has 0 unspecified atom stereocenters. The molecule has 5 heteroatoms. The zero-order valence-corrected chi connectivity index (χ0v) is 12.3. The first-order chi connectivity index (χ1) is 9.38. The molecule has 20 heavy (non-hydrogen) atoms. The number of aromatic hydroxyl groups is 1. The fourth-order valence-corrected chi connectivity index (χ4v) is 3.14. The first-order valence-electron chi connectivity index (χ1n) is 6.11. The van der Waals surface area contributed by atoms with Gasteiger partial charge in [-0.05, 0) is 44.0 Å². The fraction of sp³-hybridized carbons (Fsp3) is 0.200. The summed E-state index contributed by atoms with van der Waals surface area (Å²) < 4.78 is 0.